The summed E-state index contributed by atoms with van der Waals surface area (Å²) < 4.78 is 10.9. The van der Waals surface area contributed by atoms with Crippen LogP contribution in [0, 0.1) is 5.92 Å². The minimum absolute atomic E-state index is 0.0420. The number of carbonyl (C=O) groups is 1. The van der Waals surface area contributed by atoms with E-state index >= 15 is 0 Å². The molecule has 1 aromatic carbocycles. The summed E-state index contributed by atoms with van der Waals surface area (Å²) in [7, 11) is 0. The van der Waals surface area contributed by atoms with Crippen molar-refractivity contribution in [1.82, 2.24) is 5.32 Å². The quantitative estimate of drug-likeness (QED) is 0.692. The molecule has 0 aromatic heterocycles. The van der Waals surface area contributed by atoms with E-state index in [-0.39, 0.29) is 19.1 Å². The molecular formula is C16H25NO4. The Hall–Kier alpha value is -1.75. The predicted molar refractivity (Wildman–Crippen MR) is 81.6 cm³/mol. The van der Waals surface area contributed by atoms with Gasteiger partial charge in [0.25, 0.3) is 5.91 Å². The van der Waals surface area contributed by atoms with Gasteiger partial charge in [0.2, 0.25) is 0 Å². The van der Waals surface area contributed by atoms with Gasteiger partial charge in [-0.15, -0.1) is 0 Å². The first-order valence-corrected chi connectivity index (χ1v) is 7.43. The average molecular weight is 295 g/mol. The summed E-state index contributed by atoms with van der Waals surface area (Å²) in [4.78, 5) is 11.8. The molecular weight excluding hydrogens is 270 g/mol. The molecule has 0 aliphatic heterocycles. The van der Waals surface area contributed by atoms with Crippen LogP contribution in [-0.4, -0.2) is 37.4 Å². The number of hydrogen-bond acceptors (Lipinski definition) is 4. The van der Waals surface area contributed by atoms with Crippen LogP contribution in [0.2, 0.25) is 0 Å². The van der Waals surface area contributed by atoms with Gasteiger partial charge >= 0.3 is 0 Å². The molecule has 0 aliphatic carbocycles. The van der Waals surface area contributed by atoms with Crippen LogP contribution in [0.5, 0.6) is 11.5 Å². The van der Waals surface area contributed by atoms with Crippen LogP contribution >= 0.6 is 0 Å². The van der Waals surface area contributed by atoms with Gasteiger partial charge in [-0.3, -0.25) is 4.79 Å². The fourth-order valence-corrected chi connectivity index (χ4v) is 1.93. The van der Waals surface area contributed by atoms with Crippen molar-refractivity contribution in [2.24, 2.45) is 5.92 Å². The molecule has 0 saturated carbocycles. The van der Waals surface area contributed by atoms with Crippen LogP contribution in [0.1, 0.15) is 26.7 Å². The monoisotopic (exact) mass is 295 g/mol. The van der Waals surface area contributed by atoms with Gasteiger partial charge in [-0.25, -0.2) is 0 Å². The summed E-state index contributed by atoms with van der Waals surface area (Å²) >= 11 is 0. The maximum atomic E-state index is 11.8. The molecule has 1 aromatic rings. The molecule has 0 fully saturated rings. The van der Waals surface area contributed by atoms with Gasteiger partial charge in [0.05, 0.1) is 6.61 Å². The van der Waals surface area contributed by atoms with Crippen molar-refractivity contribution in [1.29, 1.82) is 0 Å². The van der Waals surface area contributed by atoms with Crippen molar-refractivity contribution in [3.63, 3.8) is 0 Å². The fourth-order valence-electron chi connectivity index (χ4n) is 1.93. The number of amides is 1. The highest BCUT2D eigenvalue weighted by atomic mass is 16.5. The van der Waals surface area contributed by atoms with Gasteiger partial charge in [-0.05, 0) is 31.4 Å². The minimum Gasteiger partial charge on any atom is -0.490 e. The van der Waals surface area contributed by atoms with Crippen molar-refractivity contribution in [2.75, 3.05) is 26.4 Å². The summed E-state index contributed by atoms with van der Waals surface area (Å²) in [5, 5.41) is 11.7. The first-order chi connectivity index (χ1) is 10.2. The SMILES string of the molecule is CCOc1ccccc1OCC(=O)NCC(CC)CCO. The Kier molecular flexibility index (Phi) is 8.28. The van der Waals surface area contributed by atoms with Crippen LogP contribution in [-0.2, 0) is 4.79 Å². The average Bonchev–Trinajstić information content (AvgIpc) is 2.50. The van der Waals surface area contributed by atoms with Gasteiger partial charge in [0, 0.05) is 13.2 Å². The lowest BCUT2D eigenvalue weighted by Gasteiger charge is -2.15. The Balaban J connectivity index is 2.39. The van der Waals surface area contributed by atoms with Crippen molar-refractivity contribution < 1.29 is 19.4 Å². The summed E-state index contributed by atoms with van der Waals surface area (Å²) in [6, 6.07) is 7.28. The maximum absolute atomic E-state index is 11.8. The molecule has 0 bridgehead atoms. The lowest BCUT2D eigenvalue weighted by Crippen LogP contribution is -2.33. The van der Waals surface area contributed by atoms with E-state index in [1.807, 2.05) is 32.0 Å². The smallest absolute Gasteiger partial charge is 0.257 e. The Bertz CT molecular complexity index is 422. The van der Waals surface area contributed by atoms with E-state index in [1.165, 1.54) is 0 Å². The fraction of sp³-hybridized carbons (Fsp3) is 0.562. The second-order valence-electron chi connectivity index (χ2n) is 4.76. The van der Waals surface area contributed by atoms with E-state index in [0.29, 0.717) is 37.0 Å². The molecule has 0 heterocycles. The number of benzene rings is 1. The Morgan fingerprint density at radius 2 is 1.90 bits per heavy atom. The molecule has 0 radical (unpaired) electrons. The number of nitrogens with one attached hydrogen (secondary N) is 1. The normalized spacial score (nSPS) is 11.8. The van der Waals surface area contributed by atoms with Crippen LogP contribution < -0.4 is 14.8 Å². The third-order valence-corrected chi connectivity index (χ3v) is 3.21. The Labute approximate surface area is 126 Å². The topological polar surface area (TPSA) is 67.8 Å². The van der Waals surface area contributed by atoms with E-state index in [4.69, 9.17) is 14.6 Å². The number of para-hydroxylation sites is 2. The van der Waals surface area contributed by atoms with Gasteiger partial charge in [0.1, 0.15) is 0 Å². The zero-order valence-electron chi connectivity index (χ0n) is 12.8. The Morgan fingerprint density at radius 1 is 1.24 bits per heavy atom. The Morgan fingerprint density at radius 3 is 2.48 bits per heavy atom. The molecule has 21 heavy (non-hydrogen) atoms. The van der Waals surface area contributed by atoms with Crippen LogP contribution in [0.15, 0.2) is 24.3 Å². The van der Waals surface area contributed by atoms with Crippen LogP contribution in [0.4, 0.5) is 0 Å². The zero-order valence-corrected chi connectivity index (χ0v) is 12.8. The van der Waals surface area contributed by atoms with Gasteiger partial charge in [-0.2, -0.15) is 0 Å². The third-order valence-electron chi connectivity index (χ3n) is 3.21. The molecule has 0 aliphatic rings. The molecule has 2 N–H and O–H groups in total. The highest BCUT2D eigenvalue weighted by Crippen LogP contribution is 2.26. The second kappa shape index (κ2) is 10.0. The third kappa shape index (κ3) is 6.49. The highest BCUT2D eigenvalue weighted by Gasteiger charge is 2.10. The molecule has 5 heteroatoms. The van der Waals surface area contributed by atoms with Crippen molar-refractivity contribution in [3.05, 3.63) is 24.3 Å². The summed E-state index contributed by atoms with van der Waals surface area (Å²) in [6.45, 7) is 5.15. The number of hydrogen-bond donors (Lipinski definition) is 2. The molecule has 1 unspecified atom stereocenters. The minimum atomic E-state index is -0.169. The molecule has 118 valence electrons. The van der Waals surface area contributed by atoms with Gasteiger partial charge in [0.15, 0.2) is 18.1 Å². The van der Waals surface area contributed by atoms with Crippen molar-refractivity contribution >= 4 is 5.91 Å². The molecule has 0 spiro atoms. The molecule has 1 rings (SSSR count). The van der Waals surface area contributed by atoms with Gasteiger partial charge < -0.3 is 19.9 Å². The van der Waals surface area contributed by atoms with Crippen LogP contribution in [0.3, 0.4) is 0 Å². The van der Waals surface area contributed by atoms with E-state index < -0.39 is 0 Å². The standard InChI is InChI=1S/C16H25NO4/c1-3-13(9-10-18)11-17-16(19)12-21-15-8-6-5-7-14(15)20-4-2/h5-8,13,18H,3-4,9-12H2,1-2H3,(H,17,19). The first-order valence-electron chi connectivity index (χ1n) is 7.43. The summed E-state index contributed by atoms with van der Waals surface area (Å²) in [6.07, 6.45) is 1.62. The number of carbonyl (C=O) groups excluding carboxylic acids is 1. The maximum Gasteiger partial charge on any atom is 0.257 e. The second-order valence-corrected chi connectivity index (χ2v) is 4.76. The lowest BCUT2D eigenvalue weighted by molar-refractivity contribution is -0.123. The molecule has 1 amide bonds. The lowest BCUT2D eigenvalue weighted by atomic mass is 10.0. The van der Waals surface area contributed by atoms with E-state index in [0.717, 1.165) is 6.42 Å². The largest absolute Gasteiger partial charge is 0.490 e. The van der Waals surface area contributed by atoms with Gasteiger partial charge in [-0.1, -0.05) is 25.5 Å². The van der Waals surface area contributed by atoms with E-state index in [2.05, 4.69) is 5.32 Å². The van der Waals surface area contributed by atoms with Crippen molar-refractivity contribution in [3.8, 4) is 11.5 Å². The molecule has 0 saturated heterocycles. The summed E-state index contributed by atoms with van der Waals surface area (Å²) in [5.41, 5.74) is 0. The number of ether oxygens (including phenoxy) is 2. The molecule has 1 atom stereocenters. The first kappa shape index (κ1) is 17.3. The summed E-state index contributed by atoms with van der Waals surface area (Å²) in [5.74, 6) is 1.34. The number of aliphatic hydroxyl groups excluding tert-OH is 1. The highest BCUT2D eigenvalue weighted by molar-refractivity contribution is 5.77. The zero-order chi connectivity index (χ0) is 15.5. The van der Waals surface area contributed by atoms with E-state index in [9.17, 15) is 4.79 Å². The number of rotatable bonds is 10. The van der Waals surface area contributed by atoms with Crippen LogP contribution in [0.25, 0.3) is 0 Å². The number of aliphatic hydroxyl groups is 1. The predicted octanol–water partition coefficient (Wildman–Crippen LogP) is 1.99. The van der Waals surface area contributed by atoms with Crippen molar-refractivity contribution in [2.45, 2.75) is 26.7 Å². The molecule has 5 nitrogen and oxygen atoms in total. The van der Waals surface area contributed by atoms with E-state index in [1.54, 1.807) is 6.07 Å².